The Hall–Kier alpha value is -2.62. The van der Waals surface area contributed by atoms with Gasteiger partial charge in [0.25, 0.3) is 5.91 Å². The molecule has 1 aliphatic rings. The smallest absolute Gasteiger partial charge is 0.253 e. The van der Waals surface area contributed by atoms with Gasteiger partial charge in [-0.2, -0.15) is 0 Å². The van der Waals surface area contributed by atoms with Gasteiger partial charge in [0.05, 0.1) is 5.92 Å². The van der Waals surface area contributed by atoms with E-state index in [1.165, 1.54) is 0 Å². The predicted octanol–water partition coefficient (Wildman–Crippen LogP) is 4.45. The van der Waals surface area contributed by atoms with Gasteiger partial charge in [-0.15, -0.1) is 0 Å². The van der Waals surface area contributed by atoms with Gasteiger partial charge in [0.1, 0.15) is 0 Å². The number of benzene rings is 2. The van der Waals surface area contributed by atoms with Gasteiger partial charge < -0.3 is 10.2 Å². The van der Waals surface area contributed by atoms with Crippen molar-refractivity contribution in [3.8, 4) is 0 Å². The SMILES string of the molecule is CCCC(C(=O)Nc1ccc(C(=O)N2CCCC2)cc1)c1ccccc1. The molecule has 4 heteroatoms. The van der Waals surface area contributed by atoms with Crippen LogP contribution in [0.4, 0.5) is 5.69 Å². The number of likely N-dealkylation sites (tertiary alicyclic amines) is 1. The second kappa shape index (κ2) is 8.65. The molecule has 1 N–H and O–H groups in total. The van der Waals surface area contributed by atoms with Crippen LogP contribution in [0.1, 0.15) is 54.4 Å². The molecule has 2 aromatic carbocycles. The first kappa shape index (κ1) is 18.2. The molecular formula is C22H26N2O2. The van der Waals surface area contributed by atoms with Gasteiger partial charge in [-0.3, -0.25) is 9.59 Å². The first-order valence-corrected chi connectivity index (χ1v) is 9.44. The van der Waals surface area contributed by atoms with Crippen LogP contribution in [-0.2, 0) is 4.79 Å². The molecule has 1 aliphatic heterocycles. The highest BCUT2D eigenvalue weighted by Gasteiger charge is 2.21. The minimum absolute atomic E-state index is 0.00308. The van der Waals surface area contributed by atoms with Crippen molar-refractivity contribution in [2.75, 3.05) is 18.4 Å². The third-order valence-corrected chi connectivity index (χ3v) is 4.89. The van der Waals surface area contributed by atoms with Gasteiger partial charge in [-0.05, 0) is 49.1 Å². The van der Waals surface area contributed by atoms with Crippen LogP contribution in [0.5, 0.6) is 0 Å². The molecule has 1 unspecified atom stereocenters. The van der Waals surface area contributed by atoms with E-state index in [4.69, 9.17) is 0 Å². The summed E-state index contributed by atoms with van der Waals surface area (Å²) in [5.41, 5.74) is 2.44. The van der Waals surface area contributed by atoms with Gasteiger partial charge in [-0.25, -0.2) is 0 Å². The van der Waals surface area contributed by atoms with Gasteiger partial charge in [0, 0.05) is 24.3 Å². The van der Waals surface area contributed by atoms with Crippen molar-refractivity contribution in [2.24, 2.45) is 0 Å². The van der Waals surface area contributed by atoms with E-state index in [1.54, 1.807) is 12.1 Å². The zero-order valence-corrected chi connectivity index (χ0v) is 15.3. The number of nitrogens with zero attached hydrogens (tertiary/aromatic N) is 1. The normalized spacial score (nSPS) is 14.9. The second-order valence-electron chi connectivity index (χ2n) is 6.82. The number of carbonyl (C=O) groups excluding carboxylic acids is 2. The Morgan fingerprint density at radius 2 is 1.65 bits per heavy atom. The molecule has 2 amide bonds. The minimum Gasteiger partial charge on any atom is -0.339 e. The lowest BCUT2D eigenvalue weighted by atomic mass is 9.93. The average molecular weight is 350 g/mol. The minimum atomic E-state index is -0.160. The van der Waals surface area contributed by atoms with Crippen molar-refractivity contribution >= 4 is 17.5 Å². The lowest BCUT2D eigenvalue weighted by Gasteiger charge is -2.17. The molecule has 0 bridgehead atoms. The summed E-state index contributed by atoms with van der Waals surface area (Å²) in [6, 6.07) is 17.1. The van der Waals surface area contributed by atoms with Crippen LogP contribution < -0.4 is 5.32 Å². The number of hydrogen-bond donors (Lipinski definition) is 1. The van der Waals surface area contributed by atoms with Crippen LogP contribution in [0.3, 0.4) is 0 Å². The lowest BCUT2D eigenvalue weighted by Crippen LogP contribution is -2.27. The van der Waals surface area contributed by atoms with Crippen molar-refractivity contribution in [1.29, 1.82) is 0 Å². The highest BCUT2D eigenvalue weighted by molar-refractivity contribution is 5.97. The molecule has 3 rings (SSSR count). The summed E-state index contributed by atoms with van der Waals surface area (Å²) in [5.74, 6) is -0.0858. The van der Waals surface area contributed by atoms with Gasteiger partial charge in [0.2, 0.25) is 5.91 Å². The van der Waals surface area contributed by atoms with E-state index in [-0.39, 0.29) is 17.7 Å². The Morgan fingerprint density at radius 3 is 2.27 bits per heavy atom. The highest BCUT2D eigenvalue weighted by atomic mass is 16.2. The van der Waals surface area contributed by atoms with E-state index in [0.717, 1.165) is 50.0 Å². The van der Waals surface area contributed by atoms with E-state index in [9.17, 15) is 9.59 Å². The second-order valence-corrected chi connectivity index (χ2v) is 6.82. The van der Waals surface area contributed by atoms with Crippen LogP contribution in [0.25, 0.3) is 0 Å². The number of rotatable bonds is 6. The molecule has 1 fully saturated rings. The van der Waals surface area contributed by atoms with E-state index < -0.39 is 0 Å². The maximum absolute atomic E-state index is 12.7. The first-order valence-electron chi connectivity index (χ1n) is 9.44. The number of nitrogens with one attached hydrogen (secondary N) is 1. The molecule has 26 heavy (non-hydrogen) atoms. The fourth-order valence-electron chi connectivity index (χ4n) is 3.45. The molecular weight excluding hydrogens is 324 g/mol. The average Bonchev–Trinajstić information content (AvgIpc) is 3.21. The molecule has 1 atom stereocenters. The molecule has 1 heterocycles. The summed E-state index contributed by atoms with van der Waals surface area (Å²) >= 11 is 0. The van der Waals surface area contributed by atoms with E-state index in [2.05, 4.69) is 12.2 Å². The Balaban J connectivity index is 1.67. The van der Waals surface area contributed by atoms with Crippen molar-refractivity contribution in [3.63, 3.8) is 0 Å². The maximum atomic E-state index is 12.7. The molecule has 0 aliphatic carbocycles. The van der Waals surface area contributed by atoms with Crippen molar-refractivity contribution in [1.82, 2.24) is 4.90 Å². The standard InChI is InChI=1S/C22H26N2O2/c1-2-8-20(17-9-4-3-5-10-17)21(25)23-19-13-11-18(12-14-19)22(26)24-15-6-7-16-24/h3-5,9-14,20H,2,6-8,15-16H2,1H3,(H,23,25). The molecule has 136 valence electrons. The third-order valence-electron chi connectivity index (χ3n) is 4.89. The Morgan fingerprint density at radius 1 is 1.00 bits per heavy atom. The topological polar surface area (TPSA) is 49.4 Å². The van der Waals surface area contributed by atoms with Crippen molar-refractivity contribution in [2.45, 2.75) is 38.5 Å². The maximum Gasteiger partial charge on any atom is 0.253 e. The van der Waals surface area contributed by atoms with Crippen LogP contribution in [-0.4, -0.2) is 29.8 Å². The monoisotopic (exact) mass is 350 g/mol. The molecule has 4 nitrogen and oxygen atoms in total. The zero-order valence-electron chi connectivity index (χ0n) is 15.3. The van der Waals surface area contributed by atoms with Crippen molar-refractivity contribution in [3.05, 3.63) is 65.7 Å². The largest absolute Gasteiger partial charge is 0.339 e. The number of anilines is 1. The Bertz CT molecular complexity index is 734. The number of amides is 2. The molecule has 1 saturated heterocycles. The summed E-state index contributed by atoms with van der Waals surface area (Å²) in [7, 11) is 0. The molecule has 0 spiro atoms. The third kappa shape index (κ3) is 4.31. The summed E-state index contributed by atoms with van der Waals surface area (Å²) in [6.45, 7) is 3.77. The summed E-state index contributed by atoms with van der Waals surface area (Å²) in [6.07, 6.45) is 3.91. The zero-order chi connectivity index (χ0) is 18.4. The number of carbonyl (C=O) groups is 2. The van der Waals surface area contributed by atoms with Crippen LogP contribution in [0.2, 0.25) is 0 Å². The van der Waals surface area contributed by atoms with Gasteiger partial charge in [0.15, 0.2) is 0 Å². The predicted molar refractivity (Wildman–Crippen MR) is 104 cm³/mol. The molecule has 2 aromatic rings. The van der Waals surface area contributed by atoms with E-state index >= 15 is 0 Å². The fraction of sp³-hybridized carbons (Fsp3) is 0.364. The molecule has 0 radical (unpaired) electrons. The highest BCUT2D eigenvalue weighted by Crippen LogP contribution is 2.23. The number of hydrogen-bond acceptors (Lipinski definition) is 2. The lowest BCUT2D eigenvalue weighted by molar-refractivity contribution is -0.117. The van der Waals surface area contributed by atoms with Crippen molar-refractivity contribution < 1.29 is 9.59 Å². The Labute approximate surface area is 155 Å². The summed E-state index contributed by atoms with van der Waals surface area (Å²) < 4.78 is 0. The quantitative estimate of drug-likeness (QED) is 0.837. The van der Waals surface area contributed by atoms with Crippen LogP contribution in [0, 0.1) is 0 Å². The Kier molecular flexibility index (Phi) is 6.05. The first-order chi connectivity index (χ1) is 12.7. The summed E-state index contributed by atoms with van der Waals surface area (Å²) in [4.78, 5) is 27.0. The summed E-state index contributed by atoms with van der Waals surface area (Å²) in [5, 5.41) is 3.00. The van der Waals surface area contributed by atoms with E-state index in [0.29, 0.717) is 5.56 Å². The van der Waals surface area contributed by atoms with Crippen LogP contribution >= 0.6 is 0 Å². The van der Waals surface area contributed by atoms with Gasteiger partial charge in [-0.1, -0.05) is 43.7 Å². The molecule has 0 saturated carbocycles. The van der Waals surface area contributed by atoms with E-state index in [1.807, 2.05) is 47.4 Å². The molecule has 0 aromatic heterocycles. The van der Waals surface area contributed by atoms with Gasteiger partial charge >= 0.3 is 0 Å². The van der Waals surface area contributed by atoms with Crippen LogP contribution in [0.15, 0.2) is 54.6 Å². The fourth-order valence-corrected chi connectivity index (χ4v) is 3.45.